The molecule has 2 aliphatic rings. The maximum atomic E-state index is 15.4. The second kappa shape index (κ2) is 12.9. The number of hydrogen-bond donors (Lipinski definition) is 0. The van der Waals surface area contributed by atoms with E-state index < -0.39 is 63.2 Å². The van der Waals surface area contributed by atoms with Crippen molar-refractivity contribution in [2.75, 3.05) is 23.7 Å². The van der Waals surface area contributed by atoms with Crippen molar-refractivity contribution in [2.45, 2.75) is 43.5 Å². The van der Waals surface area contributed by atoms with Gasteiger partial charge in [0.2, 0.25) is 5.91 Å². The third-order valence-corrected chi connectivity index (χ3v) is 9.86. The summed E-state index contributed by atoms with van der Waals surface area (Å²) in [5.74, 6) is -2.76. The Kier molecular flexibility index (Phi) is 9.02. The topological polar surface area (TPSA) is 97.8 Å². The highest BCUT2D eigenvalue weighted by atomic mass is 35.5. The minimum absolute atomic E-state index is 0.00219. The molecular weight excluding hydrogens is 677 g/mol. The van der Waals surface area contributed by atoms with Crippen LogP contribution in [0.2, 0.25) is 5.02 Å². The largest absolute Gasteiger partial charge is 0.429 e. The number of carbonyl (C=O) groups excluding carboxylic acids is 1. The zero-order valence-corrected chi connectivity index (χ0v) is 27.1. The molecule has 4 heterocycles. The zero-order chi connectivity index (χ0) is 34.5. The van der Waals surface area contributed by atoms with E-state index in [1.54, 1.807) is 42.1 Å². The van der Waals surface area contributed by atoms with E-state index in [1.807, 2.05) is 0 Å². The van der Waals surface area contributed by atoms with Gasteiger partial charge in [-0.2, -0.15) is 18.2 Å². The summed E-state index contributed by atoms with van der Waals surface area (Å²) in [6.07, 6.45) is 0.877. The van der Waals surface area contributed by atoms with Gasteiger partial charge in [0.25, 0.3) is 0 Å². The van der Waals surface area contributed by atoms with Gasteiger partial charge in [0.05, 0.1) is 28.5 Å². The molecule has 250 valence electrons. The number of amides is 1. The molecule has 0 spiro atoms. The molecule has 2 aromatic heterocycles. The smallest absolute Gasteiger partial charge is 0.352 e. The highest BCUT2D eigenvalue weighted by Crippen LogP contribution is 2.49. The number of anilines is 1. The summed E-state index contributed by atoms with van der Waals surface area (Å²) < 4.78 is 76.0. The summed E-state index contributed by atoms with van der Waals surface area (Å²) in [6.45, 7) is 7.45. The second-order valence-corrected chi connectivity index (χ2v) is 13.0. The summed E-state index contributed by atoms with van der Waals surface area (Å²) in [6, 6.07) is 2.99. The number of thioether (sulfide) groups is 1. The van der Waals surface area contributed by atoms with Crippen molar-refractivity contribution in [3.05, 3.63) is 82.0 Å². The number of aromatic amines is 1. The number of H-pyrrole nitrogens is 1. The van der Waals surface area contributed by atoms with E-state index in [0.29, 0.717) is 6.07 Å². The van der Waals surface area contributed by atoms with Gasteiger partial charge in [-0.3, -0.25) is 9.36 Å². The van der Waals surface area contributed by atoms with Gasteiger partial charge in [-0.05, 0) is 32.1 Å². The van der Waals surface area contributed by atoms with Crippen molar-refractivity contribution in [1.29, 1.82) is 0 Å². The summed E-state index contributed by atoms with van der Waals surface area (Å²) >= 11 is 6.97. The molecule has 6 rings (SSSR count). The maximum Gasteiger partial charge on any atom is 0.429 e. The SMILES string of the molecule is C=CC(=O)N1[C@H](C)CN(c2nc(=O)n3c4c(c(-c5cc(Cl)c(F)cc5F)c(C(F)(F)F)cc24)SCC(/C=N\c2nccc[nH+]2)C3)C[C@@H]1C. The molecule has 0 bridgehead atoms. The summed E-state index contributed by atoms with van der Waals surface area (Å²) in [4.78, 5) is 45.3. The third-order valence-electron chi connectivity index (χ3n) is 8.29. The maximum absolute atomic E-state index is 15.4. The fourth-order valence-electron chi connectivity index (χ4n) is 6.32. The van der Waals surface area contributed by atoms with Gasteiger partial charge in [-0.1, -0.05) is 28.2 Å². The third kappa shape index (κ3) is 6.16. The molecule has 0 radical (unpaired) electrons. The molecule has 0 saturated carbocycles. The number of aliphatic imine (C=N–C) groups is 1. The Morgan fingerprint density at radius 2 is 1.88 bits per heavy atom. The van der Waals surface area contributed by atoms with Gasteiger partial charge in [-0.25, -0.2) is 18.6 Å². The number of nitrogens with zero attached hydrogens (tertiary/aromatic N) is 6. The number of carbonyl (C=O) groups is 1. The van der Waals surface area contributed by atoms with Crippen LogP contribution in [0.3, 0.4) is 0 Å². The Bertz CT molecular complexity index is 2010. The van der Waals surface area contributed by atoms with E-state index in [1.165, 1.54) is 16.8 Å². The van der Waals surface area contributed by atoms with Gasteiger partial charge in [-0.15, -0.1) is 11.8 Å². The Labute approximate surface area is 280 Å². The van der Waals surface area contributed by atoms with Crippen LogP contribution in [-0.2, 0) is 17.5 Å². The first-order valence-electron chi connectivity index (χ1n) is 14.8. The molecule has 4 aromatic rings. The van der Waals surface area contributed by atoms with Crippen molar-refractivity contribution >= 4 is 58.2 Å². The van der Waals surface area contributed by atoms with Crippen LogP contribution in [0.25, 0.3) is 22.0 Å². The lowest BCUT2D eigenvalue weighted by molar-refractivity contribution is -0.366. The quantitative estimate of drug-likeness (QED) is 0.110. The predicted molar refractivity (Wildman–Crippen MR) is 173 cm³/mol. The highest BCUT2D eigenvalue weighted by molar-refractivity contribution is 7.99. The van der Waals surface area contributed by atoms with Gasteiger partial charge in [0, 0.05) is 76.9 Å². The molecule has 1 unspecified atom stereocenters. The monoisotopic (exact) mass is 704 g/mol. The molecule has 0 aliphatic carbocycles. The van der Waals surface area contributed by atoms with Crippen LogP contribution < -0.4 is 15.6 Å². The fraction of sp³-hybridized carbons (Fsp3) is 0.312. The fourth-order valence-corrected chi connectivity index (χ4v) is 7.77. The predicted octanol–water partition coefficient (Wildman–Crippen LogP) is 5.96. The molecule has 9 nitrogen and oxygen atoms in total. The minimum atomic E-state index is -5.01. The van der Waals surface area contributed by atoms with Crippen LogP contribution in [0.1, 0.15) is 19.4 Å². The standard InChI is InChI=1S/C32H27ClF5N7O2S/c1-4-25(46)45-16(2)12-43(13-17(45)3)29-20-8-21(32(36,37)38)26(19-9-22(33)24(35)10-23(19)34)28-27(20)44(31(47)42-29)14-18(15-48-28)11-41-30-39-6-5-7-40-30/h4-11,16-18H,1,12-15H2,2-3H3/p+1/b41-11-/t16-,17+,18?. The number of nitrogens with one attached hydrogen (secondary N) is 1. The molecule has 2 aromatic carbocycles. The average molecular weight is 705 g/mol. The number of halogens is 6. The van der Waals surface area contributed by atoms with Gasteiger partial charge in [0.1, 0.15) is 23.6 Å². The Morgan fingerprint density at radius 1 is 1.15 bits per heavy atom. The number of hydrogen-bond acceptors (Lipinski definition) is 7. The molecular formula is C32H28ClF5N7O2S+. The van der Waals surface area contributed by atoms with E-state index in [-0.39, 0.29) is 58.9 Å². The van der Waals surface area contributed by atoms with Crippen molar-refractivity contribution < 1.29 is 31.7 Å². The molecule has 48 heavy (non-hydrogen) atoms. The lowest BCUT2D eigenvalue weighted by Crippen LogP contribution is -2.58. The number of piperazine rings is 1. The molecule has 2 aliphatic heterocycles. The van der Waals surface area contributed by atoms with Crippen LogP contribution in [0, 0.1) is 17.6 Å². The first-order chi connectivity index (χ1) is 22.8. The van der Waals surface area contributed by atoms with E-state index in [0.717, 1.165) is 23.9 Å². The van der Waals surface area contributed by atoms with E-state index in [4.69, 9.17) is 11.6 Å². The molecule has 1 amide bonds. The lowest BCUT2D eigenvalue weighted by Gasteiger charge is -2.44. The molecule has 16 heteroatoms. The molecule has 1 saturated heterocycles. The van der Waals surface area contributed by atoms with Crippen LogP contribution in [0.5, 0.6) is 0 Å². The number of benzene rings is 2. The number of alkyl halides is 3. The van der Waals surface area contributed by atoms with Gasteiger partial charge < -0.3 is 9.80 Å². The number of rotatable bonds is 5. The summed E-state index contributed by atoms with van der Waals surface area (Å²) in [5.41, 5.74) is -2.96. The zero-order valence-electron chi connectivity index (χ0n) is 25.6. The molecule has 1 fully saturated rings. The normalized spacial score (nSPS) is 20.0. The van der Waals surface area contributed by atoms with Gasteiger partial charge in [0.15, 0.2) is 0 Å². The van der Waals surface area contributed by atoms with Gasteiger partial charge >= 0.3 is 17.8 Å². The summed E-state index contributed by atoms with van der Waals surface area (Å²) in [7, 11) is 0. The molecule has 3 atom stereocenters. The first kappa shape index (κ1) is 33.5. The van der Waals surface area contributed by atoms with Crippen molar-refractivity contribution in [2.24, 2.45) is 10.9 Å². The average Bonchev–Trinajstić information content (AvgIpc) is 3.23. The second-order valence-electron chi connectivity index (χ2n) is 11.6. The van der Waals surface area contributed by atoms with Crippen LogP contribution in [0.15, 0.2) is 64.0 Å². The van der Waals surface area contributed by atoms with Crippen molar-refractivity contribution in [3.8, 4) is 11.1 Å². The lowest BCUT2D eigenvalue weighted by atomic mass is 9.95. The van der Waals surface area contributed by atoms with Crippen molar-refractivity contribution in [1.82, 2.24) is 19.4 Å². The van der Waals surface area contributed by atoms with E-state index in [9.17, 15) is 14.0 Å². The van der Waals surface area contributed by atoms with Crippen molar-refractivity contribution in [3.63, 3.8) is 0 Å². The Balaban J connectivity index is 1.61. The van der Waals surface area contributed by atoms with Crippen LogP contribution in [0.4, 0.5) is 33.7 Å². The Morgan fingerprint density at radius 3 is 2.52 bits per heavy atom. The first-order valence-corrected chi connectivity index (χ1v) is 16.2. The Hall–Kier alpha value is -4.37. The molecule has 1 N–H and O–H groups in total. The van der Waals surface area contributed by atoms with Crippen LogP contribution >= 0.6 is 23.4 Å². The minimum Gasteiger partial charge on any atom is -0.352 e. The van der Waals surface area contributed by atoms with Crippen LogP contribution in [-0.4, -0.2) is 62.5 Å². The highest BCUT2D eigenvalue weighted by Gasteiger charge is 2.40. The number of aromatic nitrogens is 4. The van der Waals surface area contributed by atoms with E-state index in [2.05, 4.69) is 26.5 Å². The van der Waals surface area contributed by atoms with E-state index >= 15 is 17.6 Å². The summed E-state index contributed by atoms with van der Waals surface area (Å²) in [5, 5.41) is -0.551.